The summed E-state index contributed by atoms with van der Waals surface area (Å²) >= 11 is 0. The summed E-state index contributed by atoms with van der Waals surface area (Å²) in [5, 5.41) is 3.01. The van der Waals surface area contributed by atoms with Gasteiger partial charge in [-0.15, -0.1) is 0 Å². The van der Waals surface area contributed by atoms with Crippen molar-refractivity contribution in [2.24, 2.45) is 0 Å². The maximum Gasteiger partial charge on any atom is 0.217 e. The second-order valence-electron chi connectivity index (χ2n) is 8.70. The van der Waals surface area contributed by atoms with Crippen molar-refractivity contribution in [3.05, 3.63) is 108 Å². The van der Waals surface area contributed by atoms with E-state index in [0.717, 1.165) is 16.7 Å². The van der Waals surface area contributed by atoms with Crippen LogP contribution in [0.15, 0.2) is 91.0 Å². The van der Waals surface area contributed by atoms with E-state index in [1.54, 1.807) is 0 Å². The molecule has 6 heteroatoms. The molecule has 4 atom stereocenters. The fraction of sp³-hybridized carbons (Fsp3) is 0.345. The summed E-state index contributed by atoms with van der Waals surface area (Å²) in [4.78, 5) is 12.0. The molecule has 1 heterocycles. The molecule has 1 N–H and O–H groups in total. The molecule has 0 radical (unpaired) electrons. The summed E-state index contributed by atoms with van der Waals surface area (Å²) in [5.41, 5.74) is 3.22. The van der Waals surface area contributed by atoms with Crippen molar-refractivity contribution in [1.29, 1.82) is 0 Å². The Bertz CT molecular complexity index is 1020. The van der Waals surface area contributed by atoms with E-state index in [1.165, 1.54) is 6.92 Å². The summed E-state index contributed by atoms with van der Waals surface area (Å²) in [6.45, 7) is 3.52. The molecule has 0 bridgehead atoms. The molecule has 4 rings (SSSR count). The van der Waals surface area contributed by atoms with Crippen LogP contribution >= 0.6 is 0 Å². The van der Waals surface area contributed by atoms with Gasteiger partial charge in [0.2, 0.25) is 5.91 Å². The number of hydrogen-bond acceptors (Lipinski definition) is 5. The molecule has 35 heavy (non-hydrogen) atoms. The lowest BCUT2D eigenvalue weighted by Gasteiger charge is -2.30. The quantitative estimate of drug-likeness (QED) is 0.424. The van der Waals surface area contributed by atoms with Crippen LogP contribution in [-0.2, 0) is 43.6 Å². The van der Waals surface area contributed by atoms with E-state index in [-0.39, 0.29) is 24.2 Å². The van der Waals surface area contributed by atoms with E-state index < -0.39 is 6.10 Å². The molecule has 0 spiro atoms. The zero-order valence-corrected chi connectivity index (χ0v) is 20.0. The Kier molecular flexibility index (Phi) is 9.43. The number of hydrogen-bond donors (Lipinski definition) is 1. The number of rotatable bonds is 12. The Morgan fingerprint density at radius 2 is 1.34 bits per heavy atom. The summed E-state index contributed by atoms with van der Waals surface area (Å²) in [6, 6.07) is 29.6. The van der Waals surface area contributed by atoms with Gasteiger partial charge in [-0.25, -0.2) is 0 Å². The molecular weight excluding hydrogens is 442 g/mol. The van der Waals surface area contributed by atoms with Gasteiger partial charge in [0.1, 0.15) is 18.3 Å². The lowest BCUT2D eigenvalue weighted by atomic mass is 10.0. The van der Waals surface area contributed by atoms with Crippen LogP contribution in [0.5, 0.6) is 0 Å². The number of ether oxygens (including phenoxy) is 4. The first-order chi connectivity index (χ1) is 17.2. The number of benzene rings is 3. The fourth-order valence-electron chi connectivity index (χ4n) is 4.20. The molecule has 6 nitrogen and oxygen atoms in total. The van der Waals surface area contributed by atoms with Gasteiger partial charge in [0.25, 0.3) is 0 Å². The molecule has 3 aromatic rings. The number of carbonyl (C=O) groups excluding carboxylic acids is 1. The molecule has 1 aliphatic rings. The first-order valence-corrected chi connectivity index (χ1v) is 12.0. The van der Waals surface area contributed by atoms with Crippen LogP contribution in [0.2, 0.25) is 0 Å². The van der Waals surface area contributed by atoms with Crippen molar-refractivity contribution in [3.8, 4) is 0 Å². The van der Waals surface area contributed by atoms with Gasteiger partial charge in [0.15, 0.2) is 0 Å². The van der Waals surface area contributed by atoms with Crippen molar-refractivity contribution in [1.82, 2.24) is 5.32 Å². The highest BCUT2D eigenvalue weighted by molar-refractivity contribution is 5.73. The van der Waals surface area contributed by atoms with Gasteiger partial charge in [-0.3, -0.25) is 4.79 Å². The van der Waals surface area contributed by atoms with Gasteiger partial charge in [0, 0.05) is 6.92 Å². The summed E-state index contributed by atoms with van der Waals surface area (Å²) in [7, 11) is 0. The van der Waals surface area contributed by atoms with Crippen molar-refractivity contribution < 1.29 is 23.7 Å². The summed E-state index contributed by atoms with van der Waals surface area (Å²) in [5.74, 6) is -0.141. The summed E-state index contributed by atoms with van der Waals surface area (Å²) in [6.07, 6.45) is -1.04. The van der Waals surface area contributed by atoms with Gasteiger partial charge >= 0.3 is 0 Å². The average Bonchev–Trinajstić information content (AvgIpc) is 3.30. The number of amides is 1. The second kappa shape index (κ2) is 13.2. The van der Waals surface area contributed by atoms with Gasteiger partial charge in [-0.05, 0) is 16.7 Å². The Morgan fingerprint density at radius 3 is 1.89 bits per heavy atom. The molecule has 1 fully saturated rings. The van der Waals surface area contributed by atoms with E-state index in [1.807, 2.05) is 91.0 Å². The van der Waals surface area contributed by atoms with Crippen LogP contribution in [0.3, 0.4) is 0 Å². The topological polar surface area (TPSA) is 66.0 Å². The molecule has 184 valence electrons. The minimum Gasteiger partial charge on any atom is -0.375 e. The first-order valence-electron chi connectivity index (χ1n) is 12.0. The van der Waals surface area contributed by atoms with Crippen LogP contribution in [0.1, 0.15) is 23.6 Å². The maximum absolute atomic E-state index is 12.0. The van der Waals surface area contributed by atoms with Gasteiger partial charge in [0.05, 0.1) is 39.1 Å². The van der Waals surface area contributed by atoms with Crippen LogP contribution in [0.25, 0.3) is 0 Å². The Balaban J connectivity index is 1.44. The first kappa shape index (κ1) is 25.1. The standard InChI is InChI=1S/C29H33NO5/c1-22(31)30-26(20-32-17-23-11-5-2-6-12-23)28-29(34-19-25-15-9-4-10-16-25)27(21-35-28)33-18-24-13-7-3-8-14-24/h2-16,26-29H,17-21H2,1H3,(H,30,31)/t26-,27+,28+,29-/m0/s1. The van der Waals surface area contributed by atoms with E-state index >= 15 is 0 Å². The predicted octanol–water partition coefficient (Wildman–Crippen LogP) is 4.28. The van der Waals surface area contributed by atoms with Crippen molar-refractivity contribution in [3.63, 3.8) is 0 Å². The third kappa shape index (κ3) is 7.73. The third-order valence-electron chi connectivity index (χ3n) is 5.93. The molecule has 0 aromatic heterocycles. The zero-order valence-electron chi connectivity index (χ0n) is 20.0. The van der Waals surface area contributed by atoms with Crippen LogP contribution < -0.4 is 5.32 Å². The SMILES string of the molecule is CC(=O)N[C@@H](COCc1ccccc1)[C@H]1OC[C@@H](OCc2ccccc2)[C@@H]1OCc1ccccc1. The molecule has 0 saturated carbocycles. The maximum atomic E-state index is 12.0. The van der Waals surface area contributed by atoms with Crippen molar-refractivity contribution in [2.75, 3.05) is 13.2 Å². The lowest BCUT2D eigenvalue weighted by molar-refractivity contribution is -0.123. The highest BCUT2D eigenvalue weighted by Gasteiger charge is 2.44. The largest absolute Gasteiger partial charge is 0.375 e. The highest BCUT2D eigenvalue weighted by atomic mass is 16.6. The number of nitrogens with one attached hydrogen (secondary N) is 1. The highest BCUT2D eigenvalue weighted by Crippen LogP contribution is 2.26. The number of carbonyl (C=O) groups is 1. The Hall–Kier alpha value is -3.03. The van der Waals surface area contributed by atoms with Crippen molar-refractivity contribution >= 4 is 5.91 Å². The fourth-order valence-corrected chi connectivity index (χ4v) is 4.20. The van der Waals surface area contributed by atoms with Gasteiger partial charge < -0.3 is 24.3 Å². The van der Waals surface area contributed by atoms with E-state index in [9.17, 15) is 4.79 Å². The molecule has 0 aliphatic carbocycles. The summed E-state index contributed by atoms with van der Waals surface area (Å²) < 4.78 is 24.8. The Labute approximate surface area is 207 Å². The zero-order chi connectivity index (χ0) is 24.3. The van der Waals surface area contributed by atoms with Crippen molar-refractivity contribution in [2.45, 2.75) is 51.1 Å². The molecule has 3 aromatic carbocycles. The van der Waals surface area contributed by atoms with Gasteiger partial charge in [-0.2, -0.15) is 0 Å². The Morgan fingerprint density at radius 1 is 0.829 bits per heavy atom. The lowest BCUT2D eigenvalue weighted by Crippen LogP contribution is -2.51. The predicted molar refractivity (Wildman–Crippen MR) is 133 cm³/mol. The molecular formula is C29H33NO5. The van der Waals surface area contributed by atoms with Crippen LogP contribution in [0, 0.1) is 0 Å². The van der Waals surface area contributed by atoms with E-state index in [4.69, 9.17) is 18.9 Å². The minimum atomic E-state index is -0.404. The molecule has 1 aliphatic heterocycles. The molecule has 1 amide bonds. The van der Waals surface area contributed by atoms with E-state index in [0.29, 0.717) is 33.0 Å². The van der Waals surface area contributed by atoms with Crippen LogP contribution in [0.4, 0.5) is 0 Å². The van der Waals surface area contributed by atoms with Crippen LogP contribution in [-0.4, -0.2) is 43.5 Å². The van der Waals surface area contributed by atoms with E-state index in [2.05, 4.69) is 5.32 Å². The van der Waals surface area contributed by atoms with Gasteiger partial charge in [-0.1, -0.05) is 91.0 Å². The normalized spacial score (nSPS) is 20.4. The molecule has 1 saturated heterocycles. The average molecular weight is 476 g/mol. The third-order valence-corrected chi connectivity index (χ3v) is 5.93. The molecule has 0 unspecified atom stereocenters. The second-order valence-corrected chi connectivity index (χ2v) is 8.70. The minimum absolute atomic E-state index is 0.141. The monoisotopic (exact) mass is 475 g/mol. The smallest absolute Gasteiger partial charge is 0.217 e.